The maximum atomic E-state index is 11.5. The molecule has 100 valence electrons. The lowest BCUT2D eigenvalue weighted by molar-refractivity contribution is 0.0601. The molecule has 19 heavy (non-hydrogen) atoms. The first-order valence-corrected chi connectivity index (χ1v) is 7.19. The van der Waals surface area contributed by atoms with E-state index >= 15 is 0 Å². The van der Waals surface area contributed by atoms with Crippen molar-refractivity contribution in [1.82, 2.24) is 0 Å². The van der Waals surface area contributed by atoms with E-state index in [2.05, 4.69) is 9.46 Å². The zero-order valence-electron chi connectivity index (χ0n) is 9.91. The van der Waals surface area contributed by atoms with Gasteiger partial charge in [-0.25, -0.2) is 4.79 Å². The van der Waals surface area contributed by atoms with Crippen LogP contribution in [0.4, 0.5) is 5.00 Å². The Hall–Kier alpha value is -1.70. The summed E-state index contributed by atoms with van der Waals surface area (Å²) < 4.78 is 28.4. The van der Waals surface area contributed by atoms with E-state index < -0.39 is 17.2 Å². The van der Waals surface area contributed by atoms with Crippen LogP contribution in [0.25, 0.3) is 11.1 Å². The van der Waals surface area contributed by atoms with Crippen molar-refractivity contribution >= 4 is 33.6 Å². The van der Waals surface area contributed by atoms with Gasteiger partial charge in [0.2, 0.25) is 0 Å². The predicted octanol–water partition coefficient (Wildman–Crippen LogP) is 2.41. The van der Waals surface area contributed by atoms with Crippen LogP contribution in [0, 0.1) is 0 Å². The number of carbonyl (C=O) groups is 1. The van der Waals surface area contributed by atoms with E-state index in [4.69, 9.17) is 0 Å². The van der Waals surface area contributed by atoms with Crippen molar-refractivity contribution in [2.45, 2.75) is 0 Å². The van der Waals surface area contributed by atoms with Crippen LogP contribution in [0.1, 0.15) is 10.4 Å². The summed E-state index contributed by atoms with van der Waals surface area (Å²) in [4.78, 5) is 11.5. The minimum Gasteiger partial charge on any atom is -0.755 e. The van der Waals surface area contributed by atoms with Crippen LogP contribution < -0.4 is 4.72 Å². The van der Waals surface area contributed by atoms with E-state index in [0.29, 0.717) is 10.6 Å². The Bertz CT molecular complexity index is 624. The van der Waals surface area contributed by atoms with Crippen LogP contribution >= 0.6 is 11.3 Å². The first-order chi connectivity index (χ1) is 9.11. The fourth-order valence-electron chi connectivity index (χ4n) is 1.62. The highest BCUT2D eigenvalue weighted by Crippen LogP contribution is 2.33. The molecule has 0 fully saturated rings. The number of benzene rings is 1. The third-order valence-electron chi connectivity index (χ3n) is 2.44. The summed E-state index contributed by atoms with van der Waals surface area (Å²) in [5, 5.41) is 2.28. The second-order valence-corrected chi connectivity index (χ2v) is 5.16. The zero-order valence-corrected chi connectivity index (χ0v) is 11.5. The van der Waals surface area contributed by atoms with E-state index in [1.807, 2.05) is 0 Å². The summed E-state index contributed by atoms with van der Waals surface area (Å²) in [5.74, 6) is -0.431. The molecule has 0 aliphatic heterocycles. The lowest BCUT2D eigenvalue weighted by Crippen LogP contribution is -2.02. The number of carbonyl (C=O) groups excluding carboxylic acids is 1. The molecule has 5 nitrogen and oxygen atoms in total. The minimum absolute atomic E-state index is 0.417. The molecule has 0 saturated carbocycles. The van der Waals surface area contributed by atoms with Crippen LogP contribution in [0.2, 0.25) is 0 Å². The van der Waals surface area contributed by atoms with Crippen molar-refractivity contribution in [2.24, 2.45) is 0 Å². The molecule has 0 saturated heterocycles. The van der Waals surface area contributed by atoms with E-state index in [1.165, 1.54) is 18.4 Å². The summed E-state index contributed by atoms with van der Waals surface area (Å²) in [6.45, 7) is 0. The maximum Gasteiger partial charge on any atom is 0.337 e. The monoisotopic (exact) mass is 296 g/mol. The van der Waals surface area contributed by atoms with Crippen molar-refractivity contribution in [2.75, 3.05) is 11.8 Å². The summed E-state index contributed by atoms with van der Waals surface area (Å²) in [6, 6.07) is 8.61. The highest BCUT2D eigenvalue weighted by atomic mass is 32.2. The third kappa shape index (κ3) is 3.19. The number of ether oxygens (including phenoxy) is 1. The fraction of sp³-hybridized carbons (Fsp3) is 0.0833. The molecule has 0 aliphatic carbocycles. The number of thiophene rings is 1. The highest BCUT2D eigenvalue weighted by Gasteiger charge is 2.10. The Balaban J connectivity index is 2.39. The number of rotatable bonds is 4. The van der Waals surface area contributed by atoms with Crippen LogP contribution in [-0.4, -0.2) is 21.8 Å². The Morgan fingerprint density at radius 3 is 2.89 bits per heavy atom. The Morgan fingerprint density at radius 2 is 2.21 bits per heavy atom. The van der Waals surface area contributed by atoms with Gasteiger partial charge >= 0.3 is 5.97 Å². The SMILES string of the molecule is COC(=O)c1cccc(-c2ccsc2NS(=O)[O-])c1. The fourth-order valence-corrected chi connectivity index (χ4v) is 2.93. The second kappa shape index (κ2) is 5.96. The second-order valence-electron chi connectivity index (χ2n) is 3.57. The van der Waals surface area contributed by atoms with E-state index in [0.717, 1.165) is 11.1 Å². The molecule has 2 rings (SSSR count). The van der Waals surface area contributed by atoms with Gasteiger partial charge in [0.15, 0.2) is 0 Å². The molecule has 2 aromatic rings. The molecule has 0 amide bonds. The quantitative estimate of drug-likeness (QED) is 0.694. The first-order valence-electron chi connectivity index (χ1n) is 5.24. The molecule has 1 unspecified atom stereocenters. The van der Waals surface area contributed by atoms with Gasteiger partial charge in [-0.15, -0.1) is 11.3 Å². The molecule has 1 aromatic heterocycles. The van der Waals surface area contributed by atoms with E-state index in [1.54, 1.807) is 35.7 Å². The Kier molecular flexibility index (Phi) is 4.31. The van der Waals surface area contributed by atoms with Gasteiger partial charge in [-0.3, -0.25) is 4.21 Å². The number of nitrogens with one attached hydrogen (secondary N) is 1. The molecule has 0 aliphatic rings. The minimum atomic E-state index is -2.38. The molecule has 1 heterocycles. The summed E-state index contributed by atoms with van der Waals surface area (Å²) in [7, 11) is 1.31. The van der Waals surface area contributed by atoms with Crippen molar-refractivity contribution in [3.63, 3.8) is 0 Å². The van der Waals surface area contributed by atoms with Crippen molar-refractivity contribution in [3.05, 3.63) is 41.3 Å². The molecule has 0 radical (unpaired) electrons. The van der Waals surface area contributed by atoms with Crippen LogP contribution in [0.3, 0.4) is 0 Å². The lowest BCUT2D eigenvalue weighted by Gasteiger charge is -2.09. The molecule has 1 aromatic carbocycles. The average Bonchev–Trinajstić information content (AvgIpc) is 2.85. The van der Waals surface area contributed by atoms with Crippen LogP contribution in [-0.2, 0) is 16.0 Å². The smallest absolute Gasteiger partial charge is 0.337 e. The van der Waals surface area contributed by atoms with Gasteiger partial charge in [-0.2, -0.15) is 0 Å². The maximum absolute atomic E-state index is 11.5. The number of hydrogen-bond acceptors (Lipinski definition) is 5. The van der Waals surface area contributed by atoms with Gasteiger partial charge in [0, 0.05) is 16.8 Å². The third-order valence-corrected chi connectivity index (χ3v) is 3.77. The number of anilines is 1. The van der Waals surface area contributed by atoms with E-state index in [-0.39, 0.29) is 0 Å². The van der Waals surface area contributed by atoms with E-state index in [9.17, 15) is 13.6 Å². The molecular weight excluding hydrogens is 286 g/mol. The van der Waals surface area contributed by atoms with Crippen LogP contribution in [0.5, 0.6) is 0 Å². The Labute approximate surface area is 116 Å². The Morgan fingerprint density at radius 1 is 1.42 bits per heavy atom. The predicted molar refractivity (Wildman–Crippen MR) is 73.6 cm³/mol. The topological polar surface area (TPSA) is 78.5 Å². The zero-order chi connectivity index (χ0) is 13.8. The lowest BCUT2D eigenvalue weighted by atomic mass is 10.1. The van der Waals surface area contributed by atoms with Gasteiger partial charge < -0.3 is 14.0 Å². The van der Waals surface area contributed by atoms with Gasteiger partial charge in [0.25, 0.3) is 0 Å². The van der Waals surface area contributed by atoms with Crippen molar-refractivity contribution in [3.8, 4) is 11.1 Å². The molecule has 0 spiro atoms. The average molecular weight is 296 g/mol. The standard InChI is InChI=1S/C12H11NO4S2/c1-17-12(14)9-4-2-3-8(7-9)10-5-6-18-11(10)13-19(15)16/h2-7,13H,1H3,(H,15,16)/p-1. The number of methoxy groups -OCH3 is 1. The molecule has 0 bridgehead atoms. The molecule has 1 N–H and O–H groups in total. The van der Waals surface area contributed by atoms with Gasteiger partial charge in [-0.1, -0.05) is 12.1 Å². The normalized spacial score (nSPS) is 11.9. The number of hydrogen-bond donors (Lipinski definition) is 1. The summed E-state index contributed by atoms with van der Waals surface area (Å²) in [5.41, 5.74) is 1.89. The van der Waals surface area contributed by atoms with Gasteiger partial charge in [0.05, 0.1) is 12.7 Å². The van der Waals surface area contributed by atoms with Gasteiger partial charge in [-0.05, 0) is 29.1 Å². The van der Waals surface area contributed by atoms with Crippen LogP contribution in [0.15, 0.2) is 35.7 Å². The highest BCUT2D eigenvalue weighted by molar-refractivity contribution is 7.80. The number of esters is 1. The molecule has 7 heteroatoms. The summed E-state index contributed by atoms with van der Waals surface area (Å²) >= 11 is -1.10. The summed E-state index contributed by atoms with van der Waals surface area (Å²) in [6.07, 6.45) is 0. The van der Waals surface area contributed by atoms with Gasteiger partial charge in [0.1, 0.15) is 5.00 Å². The molecule has 1 atom stereocenters. The van der Waals surface area contributed by atoms with Crippen molar-refractivity contribution < 1.29 is 18.3 Å². The first kappa shape index (κ1) is 13.7. The molecular formula is C12H10NO4S2-. The largest absolute Gasteiger partial charge is 0.755 e. The van der Waals surface area contributed by atoms with Crippen molar-refractivity contribution in [1.29, 1.82) is 0 Å².